The molecule has 0 saturated carbocycles. The Bertz CT molecular complexity index is 799. The van der Waals surface area contributed by atoms with Crippen LogP contribution in [0.4, 0.5) is 0 Å². The highest BCUT2D eigenvalue weighted by atomic mass is 79.9. The lowest BCUT2D eigenvalue weighted by Gasteiger charge is -2.26. The molecular formula is C20H25BrN2O2. The number of pyridine rings is 1. The van der Waals surface area contributed by atoms with Gasteiger partial charge in [0.25, 0.3) is 11.5 Å². The van der Waals surface area contributed by atoms with Gasteiger partial charge < -0.3 is 10.3 Å². The van der Waals surface area contributed by atoms with Gasteiger partial charge in [0.2, 0.25) is 0 Å². The summed E-state index contributed by atoms with van der Waals surface area (Å²) < 4.78 is 0.404. The van der Waals surface area contributed by atoms with E-state index in [-0.39, 0.29) is 17.5 Å². The molecule has 1 aromatic carbocycles. The molecule has 2 N–H and O–H groups in total. The number of H-pyrrole nitrogens is 1. The Hall–Kier alpha value is -1.88. The molecule has 1 aromatic heterocycles. The van der Waals surface area contributed by atoms with Crippen LogP contribution in [0.15, 0.2) is 39.6 Å². The van der Waals surface area contributed by atoms with E-state index in [2.05, 4.69) is 40.1 Å². The minimum Gasteiger partial charge on any atom is -0.345 e. The fraction of sp³-hybridized carbons (Fsp3) is 0.400. The fourth-order valence-corrected chi connectivity index (χ4v) is 3.54. The lowest BCUT2D eigenvalue weighted by molar-refractivity contribution is 0.0920. The molecule has 0 radical (unpaired) electrons. The maximum atomic E-state index is 13.0. The molecule has 0 aliphatic rings. The van der Waals surface area contributed by atoms with Crippen molar-refractivity contribution in [2.45, 2.75) is 46.6 Å². The molecular weight excluding hydrogens is 380 g/mol. The van der Waals surface area contributed by atoms with Crippen LogP contribution in [0.1, 0.15) is 59.9 Å². The van der Waals surface area contributed by atoms with Crippen LogP contribution in [0.5, 0.6) is 0 Å². The number of carbonyl (C=O) groups excluding carboxylic acids is 1. The largest absolute Gasteiger partial charge is 0.345 e. The molecule has 0 fully saturated rings. The van der Waals surface area contributed by atoms with Crippen LogP contribution in [-0.2, 0) is 0 Å². The molecule has 134 valence electrons. The Morgan fingerprint density at radius 2 is 1.88 bits per heavy atom. The molecule has 1 amide bonds. The normalized spacial score (nSPS) is 13.3. The Kier molecular flexibility index (Phi) is 6.59. The lowest BCUT2D eigenvalue weighted by atomic mass is 9.90. The Labute approximate surface area is 157 Å². The molecule has 0 spiro atoms. The monoisotopic (exact) mass is 404 g/mol. The van der Waals surface area contributed by atoms with Crippen LogP contribution in [0.3, 0.4) is 0 Å². The van der Waals surface area contributed by atoms with Crippen molar-refractivity contribution >= 4 is 21.8 Å². The standard InChI is InChI=1S/C20H25BrN2O2/c1-5-9-12(2)18(15-10-7-6-8-11-15)23-19(24)16-13(3)17(21)20(25)22-14(16)4/h6-8,10-12,18H,5,9H2,1-4H3,(H,22,25)(H,23,24)/t12?,18-/m0/s1. The first-order chi connectivity index (χ1) is 11.9. The molecule has 2 rings (SSSR count). The topological polar surface area (TPSA) is 62.0 Å². The predicted molar refractivity (Wildman–Crippen MR) is 105 cm³/mol. The van der Waals surface area contributed by atoms with Gasteiger partial charge in [-0.05, 0) is 53.2 Å². The molecule has 2 atom stereocenters. The van der Waals surface area contributed by atoms with Crippen LogP contribution < -0.4 is 10.9 Å². The van der Waals surface area contributed by atoms with Gasteiger partial charge in [-0.25, -0.2) is 0 Å². The Morgan fingerprint density at radius 1 is 1.24 bits per heavy atom. The first kappa shape index (κ1) is 19.4. The van der Waals surface area contributed by atoms with Crippen molar-refractivity contribution in [2.24, 2.45) is 5.92 Å². The second-order valence-corrected chi connectivity index (χ2v) is 7.31. The number of rotatable bonds is 6. The number of hydrogen-bond donors (Lipinski definition) is 2. The van der Waals surface area contributed by atoms with Gasteiger partial charge in [-0.2, -0.15) is 0 Å². The Balaban J connectivity index is 2.38. The van der Waals surface area contributed by atoms with Gasteiger partial charge in [-0.1, -0.05) is 50.6 Å². The zero-order valence-electron chi connectivity index (χ0n) is 15.2. The summed E-state index contributed by atoms with van der Waals surface area (Å²) >= 11 is 3.27. The molecule has 0 aliphatic carbocycles. The summed E-state index contributed by atoms with van der Waals surface area (Å²) in [6.07, 6.45) is 2.08. The van der Waals surface area contributed by atoms with Crippen molar-refractivity contribution in [1.29, 1.82) is 0 Å². The van der Waals surface area contributed by atoms with Gasteiger partial charge in [0.05, 0.1) is 16.1 Å². The van der Waals surface area contributed by atoms with Crippen LogP contribution in [0, 0.1) is 19.8 Å². The minimum atomic E-state index is -0.217. The first-order valence-corrected chi connectivity index (χ1v) is 9.40. The van der Waals surface area contributed by atoms with Gasteiger partial charge in [0, 0.05) is 5.69 Å². The van der Waals surface area contributed by atoms with Crippen molar-refractivity contribution in [3.63, 3.8) is 0 Å². The van der Waals surface area contributed by atoms with Crippen LogP contribution in [-0.4, -0.2) is 10.9 Å². The number of aromatic nitrogens is 1. The second-order valence-electron chi connectivity index (χ2n) is 6.52. The van der Waals surface area contributed by atoms with E-state index in [9.17, 15) is 9.59 Å². The van der Waals surface area contributed by atoms with E-state index in [1.807, 2.05) is 30.3 Å². The van der Waals surface area contributed by atoms with Crippen molar-refractivity contribution in [1.82, 2.24) is 10.3 Å². The third-order valence-corrected chi connectivity index (χ3v) is 5.52. The molecule has 1 unspecified atom stereocenters. The summed E-state index contributed by atoms with van der Waals surface area (Å²) in [5, 5.41) is 3.18. The van der Waals surface area contributed by atoms with E-state index in [1.165, 1.54) is 0 Å². The van der Waals surface area contributed by atoms with E-state index < -0.39 is 0 Å². The summed E-state index contributed by atoms with van der Waals surface area (Å²) in [4.78, 5) is 27.6. The molecule has 0 bridgehead atoms. The zero-order chi connectivity index (χ0) is 18.6. The summed E-state index contributed by atoms with van der Waals surface area (Å²) in [7, 11) is 0. The van der Waals surface area contributed by atoms with Crippen LogP contribution in [0.2, 0.25) is 0 Å². The number of amides is 1. The molecule has 25 heavy (non-hydrogen) atoms. The van der Waals surface area contributed by atoms with E-state index in [1.54, 1.807) is 13.8 Å². The summed E-state index contributed by atoms with van der Waals surface area (Å²) in [5.74, 6) is 0.145. The first-order valence-electron chi connectivity index (χ1n) is 8.61. The average Bonchev–Trinajstić information content (AvgIpc) is 2.58. The lowest BCUT2D eigenvalue weighted by Crippen LogP contribution is -2.34. The maximum Gasteiger partial charge on any atom is 0.262 e. The van der Waals surface area contributed by atoms with Crippen molar-refractivity contribution in [3.05, 3.63) is 67.5 Å². The third-order valence-electron chi connectivity index (χ3n) is 4.57. The fourth-order valence-electron chi connectivity index (χ4n) is 3.24. The number of carbonyl (C=O) groups is 1. The summed E-state index contributed by atoms with van der Waals surface area (Å²) in [6, 6.07) is 9.96. The SMILES string of the molecule is CCCC(C)[C@H](NC(=O)c1c(C)[nH]c(=O)c(Br)c1C)c1ccccc1. The highest BCUT2D eigenvalue weighted by molar-refractivity contribution is 9.10. The van der Waals surface area contributed by atoms with Gasteiger partial charge in [-0.15, -0.1) is 0 Å². The van der Waals surface area contributed by atoms with Crippen LogP contribution in [0.25, 0.3) is 0 Å². The van der Waals surface area contributed by atoms with Crippen molar-refractivity contribution in [3.8, 4) is 0 Å². The number of nitrogens with one attached hydrogen (secondary N) is 2. The smallest absolute Gasteiger partial charge is 0.262 e. The number of hydrogen-bond acceptors (Lipinski definition) is 2. The quantitative estimate of drug-likeness (QED) is 0.734. The number of aryl methyl sites for hydroxylation is 1. The summed E-state index contributed by atoms with van der Waals surface area (Å²) in [6.45, 7) is 7.84. The van der Waals surface area contributed by atoms with Gasteiger partial charge in [0.1, 0.15) is 0 Å². The predicted octanol–water partition coefficient (Wildman–Crippen LogP) is 4.66. The van der Waals surface area contributed by atoms with Crippen molar-refractivity contribution < 1.29 is 4.79 Å². The van der Waals surface area contributed by atoms with E-state index in [0.717, 1.165) is 18.4 Å². The summed E-state index contributed by atoms with van der Waals surface area (Å²) in [5.41, 5.74) is 2.64. The minimum absolute atomic E-state index is 0.0712. The molecule has 5 heteroatoms. The van der Waals surface area contributed by atoms with E-state index in [0.29, 0.717) is 27.2 Å². The van der Waals surface area contributed by atoms with Gasteiger partial charge >= 0.3 is 0 Å². The molecule has 0 saturated heterocycles. The number of benzene rings is 1. The van der Waals surface area contributed by atoms with E-state index >= 15 is 0 Å². The average molecular weight is 405 g/mol. The number of halogens is 1. The van der Waals surface area contributed by atoms with Gasteiger partial charge in [-0.3, -0.25) is 9.59 Å². The molecule has 2 aromatic rings. The Morgan fingerprint density at radius 3 is 2.48 bits per heavy atom. The van der Waals surface area contributed by atoms with Crippen molar-refractivity contribution in [2.75, 3.05) is 0 Å². The van der Waals surface area contributed by atoms with Gasteiger partial charge in [0.15, 0.2) is 0 Å². The third kappa shape index (κ3) is 4.40. The molecule has 0 aliphatic heterocycles. The molecule has 4 nitrogen and oxygen atoms in total. The zero-order valence-corrected chi connectivity index (χ0v) is 16.7. The second kappa shape index (κ2) is 8.48. The van der Waals surface area contributed by atoms with Crippen LogP contribution >= 0.6 is 15.9 Å². The number of aromatic amines is 1. The van der Waals surface area contributed by atoms with E-state index in [4.69, 9.17) is 0 Å². The molecule has 1 heterocycles. The maximum absolute atomic E-state index is 13.0. The highest BCUT2D eigenvalue weighted by Crippen LogP contribution is 2.27. The highest BCUT2D eigenvalue weighted by Gasteiger charge is 2.24.